The van der Waals surface area contributed by atoms with Gasteiger partial charge in [0.2, 0.25) is 0 Å². The minimum Gasteiger partial charge on any atom is -0.303 e. The molecule has 0 aliphatic carbocycles. The second-order valence-corrected chi connectivity index (χ2v) is 5.70. The molecule has 0 aromatic rings. The van der Waals surface area contributed by atoms with E-state index in [1.54, 1.807) is 0 Å². The van der Waals surface area contributed by atoms with Crippen LogP contribution >= 0.6 is 7.82 Å². The van der Waals surface area contributed by atoms with E-state index in [0.29, 0.717) is 0 Å². The Bertz CT molecular complexity index is 386. The monoisotopic (exact) mass is 346 g/mol. The van der Waals surface area contributed by atoms with Gasteiger partial charge in [0, 0.05) is 0 Å². The Labute approximate surface area is 117 Å². The van der Waals surface area contributed by atoms with Gasteiger partial charge in [0.15, 0.2) is 0 Å². The van der Waals surface area contributed by atoms with Crippen LogP contribution in [0.3, 0.4) is 0 Å². The highest BCUT2D eigenvalue weighted by molar-refractivity contribution is 7.46. The molecule has 0 saturated carbocycles. The molecular weight excluding hydrogens is 329 g/mol. The number of hydrogen-bond donors (Lipinski definition) is 2. The van der Waals surface area contributed by atoms with Crippen molar-refractivity contribution in [2.45, 2.75) is 63.4 Å². The summed E-state index contributed by atoms with van der Waals surface area (Å²) in [5, 5.41) is 0. The lowest BCUT2D eigenvalue weighted by atomic mass is 9.83. The van der Waals surface area contributed by atoms with Gasteiger partial charge in [-0.3, -0.25) is 4.52 Å². The van der Waals surface area contributed by atoms with E-state index in [2.05, 4.69) is 4.52 Å². The fourth-order valence-electron chi connectivity index (χ4n) is 1.85. The average molecular weight is 346 g/mol. The van der Waals surface area contributed by atoms with Gasteiger partial charge in [0.25, 0.3) is 0 Å². The van der Waals surface area contributed by atoms with E-state index < -0.39 is 44.5 Å². The second kappa shape index (κ2) is 6.85. The Morgan fingerprint density at radius 2 is 1.62 bits per heavy atom. The lowest BCUT2D eigenvalue weighted by Gasteiger charge is -2.42. The molecule has 0 aliphatic heterocycles. The SMILES string of the molecule is CCCCC(CC)(OP(=O)(O)O)C(F)(F)C(F)(F)C(F)F. The van der Waals surface area contributed by atoms with Gasteiger partial charge in [0.05, 0.1) is 0 Å². The number of hydrogen-bond acceptors (Lipinski definition) is 2. The summed E-state index contributed by atoms with van der Waals surface area (Å²) in [6.45, 7) is 2.40. The highest BCUT2D eigenvalue weighted by atomic mass is 31.2. The maximum atomic E-state index is 13.9. The van der Waals surface area contributed by atoms with Gasteiger partial charge in [-0.2, -0.15) is 17.6 Å². The summed E-state index contributed by atoms with van der Waals surface area (Å²) in [4.78, 5) is 17.3. The molecule has 2 N–H and O–H groups in total. The van der Waals surface area contributed by atoms with Gasteiger partial charge in [-0.1, -0.05) is 26.7 Å². The number of rotatable bonds is 9. The molecule has 11 heteroatoms. The van der Waals surface area contributed by atoms with Crippen LogP contribution in [0.2, 0.25) is 0 Å². The summed E-state index contributed by atoms with van der Waals surface area (Å²) < 4.78 is 93.4. The van der Waals surface area contributed by atoms with E-state index in [0.717, 1.165) is 6.92 Å². The molecule has 0 radical (unpaired) electrons. The van der Waals surface area contributed by atoms with Crippen LogP contribution in [0.1, 0.15) is 39.5 Å². The summed E-state index contributed by atoms with van der Waals surface area (Å²) in [6, 6.07) is 0. The first kappa shape index (κ1) is 20.7. The molecule has 0 heterocycles. The van der Waals surface area contributed by atoms with Crippen molar-refractivity contribution in [1.29, 1.82) is 0 Å². The molecule has 0 amide bonds. The minimum absolute atomic E-state index is 0.164. The van der Waals surface area contributed by atoms with Crippen LogP contribution in [0.15, 0.2) is 0 Å². The van der Waals surface area contributed by atoms with E-state index >= 15 is 0 Å². The summed E-state index contributed by atoms with van der Waals surface area (Å²) in [7, 11) is -5.60. The molecule has 0 spiro atoms. The van der Waals surface area contributed by atoms with Crippen molar-refractivity contribution in [2.75, 3.05) is 0 Å². The molecule has 0 fully saturated rings. The Morgan fingerprint density at radius 3 is 1.90 bits per heavy atom. The summed E-state index contributed by atoms with van der Waals surface area (Å²) in [5.41, 5.74) is -3.39. The molecule has 4 nitrogen and oxygen atoms in total. The van der Waals surface area contributed by atoms with Crippen molar-refractivity contribution in [3.05, 3.63) is 0 Å². The fraction of sp³-hybridized carbons (Fsp3) is 1.00. The predicted molar refractivity (Wildman–Crippen MR) is 61.6 cm³/mol. The molecule has 1 unspecified atom stereocenters. The van der Waals surface area contributed by atoms with Crippen LogP contribution in [0, 0.1) is 0 Å². The predicted octanol–water partition coefficient (Wildman–Crippen LogP) is 3.97. The van der Waals surface area contributed by atoms with Gasteiger partial charge in [-0.05, 0) is 12.8 Å². The van der Waals surface area contributed by atoms with E-state index in [1.165, 1.54) is 6.92 Å². The van der Waals surface area contributed by atoms with Crippen molar-refractivity contribution in [2.24, 2.45) is 0 Å². The molecule has 1 atom stereocenters. The van der Waals surface area contributed by atoms with Crippen molar-refractivity contribution in [3.8, 4) is 0 Å². The molecule has 0 aromatic heterocycles. The summed E-state index contributed by atoms with van der Waals surface area (Å²) in [6.07, 6.45) is -6.54. The largest absolute Gasteiger partial charge is 0.470 e. The first-order chi connectivity index (χ1) is 9.27. The number of halogens is 6. The van der Waals surface area contributed by atoms with Gasteiger partial charge in [0.1, 0.15) is 5.60 Å². The topological polar surface area (TPSA) is 66.8 Å². The number of alkyl halides is 6. The van der Waals surface area contributed by atoms with Crippen LogP contribution in [-0.2, 0) is 9.09 Å². The van der Waals surface area contributed by atoms with Crippen LogP contribution < -0.4 is 0 Å². The maximum Gasteiger partial charge on any atom is 0.470 e. The lowest BCUT2D eigenvalue weighted by molar-refractivity contribution is -0.322. The molecule has 0 rings (SSSR count). The highest BCUT2D eigenvalue weighted by Gasteiger charge is 2.73. The molecule has 0 aliphatic rings. The zero-order valence-corrected chi connectivity index (χ0v) is 12.2. The average Bonchev–Trinajstić information content (AvgIpc) is 2.32. The number of unbranched alkanes of at least 4 members (excludes halogenated alkanes) is 1. The molecule has 0 aromatic carbocycles. The standard InChI is InChI=1S/C10H17F6O4P/c1-3-5-6-8(4-2,20-21(17,18)19)10(15,16)9(13,14)7(11)12/h7H,3-6H2,1-2H3,(H2,17,18,19). The van der Waals surface area contributed by atoms with Gasteiger partial charge >= 0.3 is 26.1 Å². The van der Waals surface area contributed by atoms with Crippen LogP contribution in [-0.4, -0.2) is 33.7 Å². The molecule has 128 valence electrons. The van der Waals surface area contributed by atoms with Crippen molar-refractivity contribution >= 4 is 7.82 Å². The molecule has 0 bridgehead atoms. The zero-order valence-electron chi connectivity index (χ0n) is 11.3. The minimum atomic E-state index is -5.79. The summed E-state index contributed by atoms with van der Waals surface area (Å²) >= 11 is 0. The summed E-state index contributed by atoms with van der Waals surface area (Å²) in [5.74, 6) is -11.2. The second-order valence-electron chi connectivity index (χ2n) is 4.53. The van der Waals surface area contributed by atoms with Gasteiger partial charge in [-0.25, -0.2) is 13.3 Å². The van der Waals surface area contributed by atoms with Gasteiger partial charge in [-0.15, -0.1) is 0 Å². The van der Waals surface area contributed by atoms with Crippen LogP contribution in [0.5, 0.6) is 0 Å². The van der Waals surface area contributed by atoms with E-state index in [-0.39, 0.29) is 12.8 Å². The third-order valence-electron chi connectivity index (χ3n) is 3.06. The molecule has 21 heavy (non-hydrogen) atoms. The van der Waals surface area contributed by atoms with E-state index in [9.17, 15) is 30.9 Å². The van der Waals surface area contributed by atoms with Gasteiger partial charge < -0.3 is 9.79 Å². The number of phosphoric acid groups is 1. The highest BCUT2D eigenvalue weighted by Crippen LogP contribution is 2.56. The fourth-order valence-corrected chi connectivity index (χ4v) is 2.64. The smallest absolute Gasteiger partial charge is 0.303 e. The normalized spacial score (nSPS) is 17.1. The molecular formula is C10H17F6O4P. The van der Waals surface area contributed by atoms with Crippen molar-refractivity contribution < 1.29 is 45.2 Å². The third-order valence-corrected chi connectivity index (χ3v) is 3.65. The maximum absolute atomic E-state index is 13.9. The molecule has 0 saturated heterocycles. The quantitative estimate of drug-likeness (QED) is 0.490. The van der Waals surface area contributed by atoms with Crippen molar-refractivity contribution in [3.63, 3.8) is 0 Å². The first-order valence-electron chi connectivity index (χ1n) is 6.07. The van der Waals surface area contributed by atoms with Crippen LogP contribution in [0.25, 0.3) is 0 Å². The van der Waals surface area contributed by atoms with Crippen LogP contribution in [0.4, 0.5) is 26.3 Å². The Kier molecular flexibility index (Phi) is 6.75. The lowest BCUT2D eigenvalue weighted by Crippen LogP contribution is -2.62. The third kappa shape index (κ3) is 4.34. The van der Waals surface area contributed by atoms with E-state index in [1.807, 2.05) is 0 Å². The zero-order chi connectivity index (χ0) is 17.1. The van der Waals surface area contributed by atoms with E-state index in [4.69, 9.17) is 9.79 Å². The Morgan fingerprint density at radius 1 is 1.14 bits per heavy atom. The number of phosphoric ester groups is 1. The Hall–Kier alpha value is -0.310. The van der Waals surface area contributed by atoms with Crippen molar-refractivity contribution in [1.82, 2.24) is 0 Å². The Balaban J connectivity index is 5.91. The first-order valence-corrected chi connectivity index (χ1v) is 7.60.